The van der Waals surface area contributed by atoms with Crippen LogP contribution in [-0.4, -0.2) is 4.57 Å². The fourth-order valence-electron chi connectivity index (χ4n) is 10.1. The zero-order chi connectivity index (χ0) is 39.2. The predicted molar refractivity (Wildman–Crippen MR) is 248 cm³/mol. The normalized spacial score (nSPS) is 13.1. The van der Waals surface area contributed by atoms with Gasteiger partial charge in [0.05, 0.1) is 16.7 Å². The summed E-state index contributed by atoms with van der Waals surface area (Å²) in [5, 5.41) is 2.54. The van der Waals surface area contributed by atoms with Gasteiger partial charge in [-0.15, -0.1) is 0 Å². The zero-order valence-corrected chi connectivity index (χ0v) is 33.0. The lowest BCUT2D eigenvalue weighted by molar-refractivity contribution is 0.660. The third-order valence-corrected chi connectivity index (χ3v) is 12.9. The molecule has 278 valence electrons. The highest BCUT2D eigenvalue weighted by Crippen LogP contribution is 2.51. The third kappa shape index (κ3) is 5.06. The maximum atomic E-state index is 2.49. The average molecular weight is 753 g/mol. The molecule has 0 saturated heterocycles. The Bertz CT molecular complexity index is 3280. The molecular formula is C57H40N2. The summed E-state index contributed by atoms with van der Waals surface area (Å²) in [6, 6.07) is 76.2. The van der Waals surface area contributed by atoms with Crippen LogP contribution in [-0.2, 0) is 5.41 Å². The van der Waals surface area contributed by atoms with Crippen LogP contribution in [0.25, 0.3) is 83.1 Å². The Kier molecular flexibility index (Phi) is 7.31. The van der Waals surface area contributed by atoms with E-state index < -0.39 is 0 Å². The summed E-state index contributed by atoms with van der Waals surface area (Å²) in [6.45, 7) is 4.71. The molecule has 0 saturated carbocycles. The van der Waals surface area contributed by atoms with Gasteiger partial charge in [0.2, 0.25) is 0 Å². The van der Waals surface area contributed by atoms with Gasteiger partial charge in [-0.2, -0.15) is 0 Å². The highest BCUT2D eigenvalue weighted by atomic mass is 15.1. The van der Waals surface area contributed by atoms with Gasteiger partial charge in [0.25, 0.3) is 0 Å². The molecule has 0 amide bonds. The van der Waals surface area contributed by atoms with Crippen LogP contribution in [0.1, 0.15) is 25.0 Å². The molecule has 59 heavy (non-hydrogen) atoms. The van der Waals surface area contributed by atoms with Gasteiger partial charge in [-0.1, -0.05) is 159 Å². The summed E-state index contributed by atoms with van der Waals surface area (Å²) in [5.41, 5.74) is 22.2. The van der Waals surface area contributed by atoms with E-state index in [0.717, 1.165) is 17.1 Å². The van der Waals surface area contributed by atoms with Crippen molar-refractivity contribution in [1.82, 2.24) is 4.57 Å². The van der Waals surface area contributed by atoms with Gasteiger partial charge in [0.15, 0.2) is 0 Å². The van der Waals surface area contributed by atoms with Gasteiger partial charge in [-0.25, -0.2) is 0 Å². The fraction of sp³-hybridized carbons (Fsp3) is 0.0526. The van der Waals surface area contributed by atoms with Gasteiger partial charge >= 0.3 is 0 Å². The standard InChI is InChI=1S/C57H40N2/c1-57(2)52-21-11-8-18-46(52)47-33-32-43(36-53(47)57)58(41-28-24-38(25-29-41)37-14-4-3-5-15-37)42-30-26-39(27-31-42)40-34-50-45-17-7-6-16-44(45)48-19-9-12-22-54(48)59-55-23-13-10-20-49(55)51(35-40)56(50)59/h3-36H,1-2H3. The van der Waals surface area contributed by atoms with E-state index in [2.05, 4.69) is 230 Å². The molecule has 10 aromatic rings. The largest absolute Gasteiger partial charge is 0.310 e. The topological polar surface area (TPSA) is 8.17 Å². The number of fused-ring (bicyclic) bond motifs is 11. The molecule has 1 aliphatic heterocycles. The van der Waals surface area contributed by atoms with Gasteiger partial charge in [-0.3, -0.25) is 0 Å². The second-order valence-electron chi connectivity index (χ2n) is 16.5. The van der Waals surface area contributed by atoms with Crippen LogP contribution in [0.5, 0.6) is 0 Å². The van der Waals surface area contributed by atoms with Crippen molar-refractivity contribution >= 4 is 38.9 Å². The quantitative estimate of drug-likeness (QED) is 0.170. The summed E-state index contributed by atoms with van der Waals surface area (Å²) >= 11 is 0. The minimum atomic E-state index is -0.102. The van der Waals surface area contributed by atoms with Gasteiger partial charge in [-0.05, 0) is 116 Å². The van der Waals surface area contributed by atoms with Crippen LogP contribution in [0.15, 0.2) is 206 Å². The molecule has 2 nitrogen and oxygen atoms in total. The second-order valence-corrected chi connectivity index (χ2v) is 16.5. The lowest BCUT2D eigenvalue weighted by atomic mass is 9.82. The number of aromatic nitrogens is 1. The number of benzene rings is 9. The number of hydrogen-bond acceptors (Lipinski definition) is 1. The maximum Gasteiger partial charge on any atom is 0.0620 e. The first-order chi connectivity index (χ1) is 29.0. The molecule has 0 radical (unpaired) electrons. The van der Waals surface area contributed by atoms with E-state index >= 15 is 0 Å². The zero-order valence-electron chi connectivity index (χ0n) is 33.0. The van der Waals surface area contributed by atoms with Crippen molar-refractivity contribution in [3.05, 3.63) is 217 Å². The van der Waals surface area contributed by atoms with Crippen molar-refractivity contribution in [3.63, 3.8) is 0 Å². The van der Waals surface area contributed by atoms with Gasteiger partial charge in [0, 0.05) is 44.4 Å². The maximum absolute atomic E-state index is 2.49. The smallest absolute Gasteiger partial charge is 0.0620 e. The third-order valence-electron chi connectivity index (χ3n) is 12.9. The first-order valence-electron chi connectivity index (χ1n) is 20.6. The summed E-state index contributed by atoms with van der Waals surface area (Å²) in [5.74, 6) is 0. The number of para-hydroxylation sites is 2. The molecule has 1 aliphatic carbocycles. The fourth-order valence-corrected chi connectivity index (χ4v) is 10.1. The molecule has 2 heteroatoms. The highest BCUT2D eigenvalue weighted by molar-refractivity contribution is 6.17. The van der Waals surface area contributed by atoms with Crippen LogP contribution in [0, 0.1) is 0 Å². The average Bonchev–Trinajstić information content (AvgIpc) is 3.70. The van der Waals surface area contributed by atoms with E-state index in [1.807, 2.05) is 0 Å². The molecule has 1 aromatic heterocycles. The Balaban J connectivity index is 1.02. The molecule has 9 aromatic carbocycles. The highest BCUT2D eigenvalue weighted by Gasteiger charge is 2.36. The predicted octanol–water partition coefficient (Wildman–Crippen LogP) is 15.5. The molecule has 0 atom stereocenters. The molecule has 0 unspecified atom stereocenters. The Morgan fingerprint density at radius 2 is 0.898 bits per heavy atom. The van der Waals surface area contributed by atoms with E-state index in [0.29, 0.717) is 0 Å². The molecule has 0 bridgehead atoms. The number of anilines is 3. The summed E-state index contributed by atoms with van der Waals surface area (Å²) in [7, 11) is 0. The minimum absolute atomic E-state index is 0.102. The van der Waals surface area contributed by atoms with Crippen LogP contribution >= 0.6 is 0 Å². The van der Waals surface area contributed by atoms with E-state index in [4.69, 9.17) is 0 Å². The minimum Gasteiger partial charge on any atom is -0.310 e. The van der Waals surface area contributed by atoms with Gasteiger partial charge in [0.1, 0.15) is 0 Å². The summed E-state index contributed by atoms with van der Waals surface area (Å²) in [6.07, 6.45) is 0. The van der Waals surface area contributed by atoms with Crippen molar-refractivity contribution in [1.29, 1.82) is 0 Å². The van der Waals surface area contributed by atoms with Crippen molar-refractivity contribution in [2.75, 3.05) is 4.90 Å². The molecule has 12 rings (SSSR count). The lowest BCUT2D eigenvalue weighted by Gasteiger charge is -2.28. The van der Waals surface area contributed by atoms with Crippen molar-refractivity contribution in [2.45, 2.75) is 19.3 Å². The van der Waals surface area contributed by atoms with Crippen LogP contribution in [0.3, 0.4) is 0 Å². The monoisotopic (exact) mass is 752 g/mol. The first kappa shape index (κ1) is 33.7. The molecule has 0 N–H and O–H groups in total. The van der Waals surface area contributed by atoms with E-state index in [1.165, 1.54) is 94.3 Å². The Hall–Kier alpha value is -7.42. The molecule has 2 aliphatic rings. The summed E-state index contributed by atoms with van der Waals surface area (Å²) in [4.78, 5) is 2.41. The molecule has 2 heterocycles. The van der Waals surface area contributed by atoms with Crippen LogP contribution < -0.4 is 4.90 Å². The van der Waals surface area contributed by atoms with Crippen molar-refractivity contribution in [2.24, 2.45) is 0 Å². The second kappa shape index (κ2) is 12.8. The SMILES string of the molecule is CC1(C)c2ccccc2-c2ccc(N(c3ccc(-c4ccccc4)cc3)c3ccc(-c4cc5c6c(c4)c4ccccc4n6-c4ccccc4-c4ccccc4-5)cc3)cc21. The Morgan fingerprint density at radius 3 is 1.64 bits per heavy atom. The molecule has 0 spiro atoms. The molecular weight excluding hydrogens is 713 g/mol. The summed E-state index contributed by atoms with van der Waals surface area (Å²) < 4.78 is 2.49. The van der Waals surface area contributed by atoms with Crippen LogP contribution in [0.4, 0.5) is 17.1 Å². The van der Waals surface area contributed by atoms with E-state index in [1.54, 1.807) is 0 Å². The van der Waals surface area contributed by atoms with Gasteiger partial charge < -0.3 is 9.47 Å². The number of rotatable bonds is 5. The molecule has 0 fully saturated rings. The van der Waals surface area contributed by atoms with E-state index in [-0.39, 0.29) is 5.41 Å². The Morgan fingerprint density at radius 1 is 0.356 bits per heavy atom. The lowest BCUT2D eigenvalue weighted by Crippen LogP contribution is -2.16. The van der Waals surface area contributed by atoms with Crippen molar-refractivity contribution < 1.29 is 0 Å². The van der Waals surface area contributed by atoms with Crippen molar-refractivity contribution in [3.8, 4) is 61.3 Å². The first-order valence-corrected chi connectivity index (χ1v) is 20.6. The van der Waals surface area contributed by atoms with E-state index in [9.17, 15) is 0 Å². The number of hydrogen-bond donors (Lipinski definition) is 0. The number of nitrogens with zero attached hydrogens (tertiary/aromatic N) is 2. The Labute approximate surface area is 344 Å². The van der Waals surface area contributed by atoms with Crippen LogP contribution in [0.2, 0.25) is 0 Å².